The Hall–Kier alpha value is -0.570. The maximum Gasteiger partial charge on any atom is 0.221 e. The molecule has 0 fully saturated rings. The maximum absolute atomic E-state index is 11.2. The molecular weight excluding hydrogens is 152 g/mol. The van der Waals surface area contributed by atoms with Crippen LogP contribution in [0.25, 0.3) is 0 Å². The highest BCUT2D eigenvalue weighted by Crippen LogP contribution is 2.06. The third kappa shape index (κ3) is 5.13. The van der Waals surface area contributed by atoms with Gasteiger partial charge in [0.1, 0.15) is 0 Å². The van der Waals surface area contributed by atoms with E-state index < -0.39 is 0 Å². The molecule has 0 rings (SSSR count). The first-order chi connectivity index (χ1) is 5.52. The predicted molar refractivity (Wildman–Crippen MR) is 51.1 cm³/mol. The van der Waals surface area contributed by atoms with Crippen LogP contribution in [0.3, 0.4) is 0 Å². The largest absolute Gasteiger partial charge is 0.351 e. The molecule has 0 aliphatic carbocycles. The van der Waals surface area contributed by atoms with Crippen LogP contribution in [0.4, 0.5) is 0 Å². The first-order valence-electron chi connectivity index (χ1n) is 4.47. The fourth-order valence-electron chi connectivity index (χ4n) is 0.767. The van der Waals surface area contributed by atoms with Crippen LogP contribution in [0.15, 0.2) is 0 Å². The molecule has 0 aromatic heterocycles. The zero-order valence-electron chi connectivity index (χ0n) is 8.53. The summed E-state index contributed by atoms with van der Waals surface area (Å²) in [5.41, 5.74) is -0.0647. The van der Waals surface area contributed by atoms with Crippen molar-refractivity contribution in [2.24, 2.45) is 0 Å². The molecule has 0 unspecified atom stereocenters. The van der Waals surface area contributed by atoms with Gasteiger partial charge in [0.05, 0.1) is 0 Å². The van der Waals surface area contributed by atoms with Gasteiger partial charge in [0.25, 0.3) is 0 Å². The van der Waals surface area contributed by atoms with Gasteiger partial charge in [0.15, 0.2) is 0 Å². The summed E-state index contributed by atoms with van der Waals surface area (Å²) >= 11 is 0. The van der Waals surface area contributed by atoms with Crippen LogP contribution in [0.1, 0.15) is 33.6 Å². The second kappa shape index (κ2) is 5.14. The van der Waals surface area contributed by atoms with E-state index in [1.165, 1.54) is 0 Å². The Morgan fingerprint density at radius 3 is 2.42 bits per heavy atom. The molecule has 0 saturated carbocycles. The molecule has 0 aliphatic heterocycles. The van der Waals surface area contributed by atoms with E-state index in [1.54, 1.807) is 0 Å². The SMILES string of the molecule is CCC(C)(C)NC(=O)CCNC. The number of hydrogen-bond donors (Lipinski definition) is 2. The average Bonchev–Trinajstić information content (AvgIpc) is 2.00. The van der Waals surface area contributed by atoms with Crippen LogP contribution in [0.5, 0.6) is 0 Å². The molecule has 12 heavy (non-hydrogen) atoms. The Kier molecular flexibility index (Phi) is 4.90. The van der Waals surface area contributed by atoms with E-state index in [2.05, 4.69) is 17.6 Å². The predicted octanol–water partition coefficient (Wildman–Crippen LogP) is 0.901. The summed E-state index contributed by atoms with van der Waals surface area (Å²) < 4.78 is 0. The lowest BCUT2D eigenvalue weighted by atomic mass is 10.0. The molecule has 2 N–H and O–H groups in total. The fourth-order valence-corrected chi connectivity index (χ4v) is 0.767. The standard InChI is InChI=1S/C9H20N2O/c1-5-9(2,3)11-8(12)6-7-10-4/h10H,5-7H2,1-4H3,(H,11,12). The number of hydrogen-bond acceptors (Lipinski definition) is 2. The minimum atomic E-state index is -0.0647. The van der Waals surface area contributed by atoms with Crippen molar-refractivity contribution in [1.29, 1.82) is 0 Å². The maximum atomic E-state index is 11.2. The third-order valence-corrected chi connectivity index (χ3v) is 1.96. The minimum Gasteiger partial charge on any atom is -0.351 e. The molecule has 3 heteroatoms. The van der Waals surface area contributed by atoms with Crippen LogP contribution in [-0.2, 0) is 4.79 Å². The second-order valence-corrected chi connectivity index (χ2v) is 3.64. The summed E-state index contributed by atoms with van der Waals surface area (Å²) in [7, 11) is 1.85. The zero-order valence-corrected chi connectivity index (χ0v) is 8.53. The zero-order chi connectivity index (χ0) is 9.61. The van der Waals surface area contributed by atoms with Crippen molar-refractivity contribution in [2.45, 2.75) is 39.2 Å². The first kappa shape index (κ1) is 11.4. The first-order valence-corrected chi connectivity index (χ1v) is 4.47. The molecule has 0 spiro atoms. The van der Waals surface area contributed by atoms with Gasteiger partial charge in [0, 0.05) is 18.5 Å². The number of carbonyl (C=O) groups excluding carboxylic acids is 1. The van der Waals surface area contributed by atoms with E-state index in [4.69, 9.17) is 0 Å². The third-order valence-electron chi connectivity index (χ3n) is 1.96. The Labute approximate surface area is 74.9 Å². The highest BCUT2D eigenvalue weighted by molar-refractivity contribution is 5.76. The summed E-state index contributed by atoms with van der Waals surface area (Å²) in [6.07, 6.45) is 1.51. The number of nitrogens with one attached hydrogen (secondary N) is 2. The molecular formula is C9H20N2O. The Bertz CT molecular complexity index is 143. The molecule has 3 nitrogen and oxygen atoms in total. The molecule has 0 bridgehead atoms. The van der Waals surface area contributed by atoms with Crippen molar-refractivity contribution in [3.8, 4) is 0 Å². The number of amides is 1. The van der Waals surface area contributed by atoms with Gasteiger partial charge in [0.2, 0.25) is 5.91 Å². The second-order valence-electron chi connectivity index (χ2n) is 3.64. The normalized spacial score (nSPS) is 11.3. The van der Waals surface area contributed by atoms with E-state index in [9.17, 15) is 4.79 Å². The lowest BCUT2D eigenvalue weighted by Gasteiger charge is -2.24. The van der Waals surface area contributed by atoms with Crippen molar-refractivity contribution in [2.75, 3.05) is 13.6 Å². The van der Waals surface area contributed by atoms with Crippen molar-refractivity contribution in [3.05, 3.63) is 0 Å². The van der Waals surface area contributed by atoms with E-state index in [-0.39, 0.29) is 11.4 Å². The van der Waals surface area contributed by atoms with Crippen molar-refractivity contribution in [1.82, 2.24) is 10.6 Å². The molecule has 0 heterocycles. The molecule has 0 atom stereocenters. The van der Waals surface area contributed by atoms with Crippen LogP contribution in [0.2, 0.25) is 0 Å². The van der Waals surface area contributed by atoms with E-state index in [0.717, 1.165) is 13.0 Å². The Balaban J connectivity index is 3.68. The summed E-state index contributed by atoms with van der Waals surface area (Å²) in [4.78, 5) is 11.2. The van der Waals surface area contributed by atoms with Crippen LogP contribution in [-0.4, -0.2) is 25.0 Å². The summed E-state index contributed by atoms with van der Waals surface area (Å²) in [5, 5.41) is 5.90. The quantitative estimate of drug-likeness (QED) is 0.647. The van der Waals surface area contributed by atoms with E-state index in [0.29, 0.717) is 6.42 Å². The van der Waals surface area contributed by atoms with E-state index in [1.807, 2.05) is 20.9 Å². The topological polar surface area (TPSA) is 41.1 Å². The Morgan fingerprint density at radius 1 is 1.42 bits per heavy atom. The van der Waals surface area contributed by atoms with Gasteiger partial charge in [-0.1, -0.05) is 6.92 Å². The van der Waals surface area contributed by atoms with Crippen LogP contribution in [0, 0.1) is 0 Å². The van der Waals surface area contributed by atoms with Gasteiger partial charge in [-0.25, -0.2) is 0 Å². The van der Waals surface area contributed by atoms with Gasteiger partial charge in [-0.3, -0.25) is 4.79 Å². The highest BCUT2D eigenvalue weighted by Gasteiger charge is 2.16. The van der Waals surface area contributed by atoms with E-state index >= 15 is 0 Å². The number of carbonyl (C=O) groups is 1. The van der Waals surface area contributed by atoms with Gasteiger partial charge in [-0.05, 0) is 27.3 Å². The summed E-state index contributed by atoms with van der Waals surface area (Å²) in [5.74, 6) is 0.121. The van der Waals surface area contributed by atoms with Gasteiger partial charge >= 0.3 is 0 Å². The lowest BCUT2D eigenvalue weighted by molar-refractivity contribution is -0.122. The molecule has 0 aromatic carbocycles. The van der Waals surface area contributed by atoms with Crippen LogP contribution >= 0.6 is 0 Å². The molecule has 0 aromatic rings. The Morgan fingerprint density at radius 2 is 2.00 bits per heavy atom. The fraction of sp³-hybridized carbons (Fsp3) is 0.889. The summed E-state index contributed by atoms with van der Waals surface area (Å²) in [6, 6.07) is 0. The van der Waals surface area contributed by atoms with Gasteiger partial charge < -0.3 is 10.6 Å². The highest BCUT2D eigenvalue weighted by atomic mass is 16.1. The number of rotatable bonds is 5. The smallest absolute Gasteiger partial charge is 0.221 e. The van der Waals surface area contributed by atoms with Gasteiger partial charge in [-0.2, -0.15) is 0 Å². The van der Waals surface area contributed by atoms with Gasteiger partial charge in [-0.15, -0.1) is 0 Å². The van der Waals surface area contributed by atoms with Crippen molar-refractivity contribution >= 4 is 5.91 Å². The lowest BCUT2D eigenvalue weighted by Crippen LogP contribution is -2.43. The van der Waals surface area contributed by atoms with Crippen molar-refractivity contribution < 1.29 is 4.79 Å². The average molecular weight is 172 g/mol. The molecule has 1 amide bonds. The molecule has 72 valence electrons. The molecule has 0 radical (unpaired) electrons. The minimum absolute atomic E-state index is 0.0647. The molecule has 0 saturated heterocycles. The van der Waals surface area contributed by atoms with Crippen molar-refractivity contribution in [3.63, 3.8) is 0 Å². The molecule has 0 aliphatic rings. The monoisotopic (exact) mass is 172 g/mol. The van der Waals surface area contributed by atoms with Crippen LogP contribution < -0.4 is 10.6 Å². The summed E-state index contributed by atoms with van der Waals surface area (Å²) in [6.45, 7) is 6.87.